The molecule has 0 radical (unpaired) electrons. The van der Waals surface area contributed by atoms with Crippen molar-refractivity contribution in [2.45, 2.75) is 13.0 Å². The summed E-state index contributed by atoms with van der Waals surface area (Å²) in [6.45, 7) is 2.56. The smallest absolute Gasteiger partial charge is 0.299 e. The van der Waals surface area contributed by atoms with E-state index in [1.54, 1.807) is 17.9 Å². The molecule has 1 fully saturated rings. The monoisotopic (exact) mass is 388 g/mol. The van der Waals surface area contributed by atoms with Gasteiger partial charge in [-0.05, 0) is 25.1 Å². The Kier molecular flexibility index (Phi) is 5.21. The number of carbonyl (C=O) groups is 1. The van der Waals surface area contributed by atoms with Gasteiger partial charge in [0.05, 0.1) is 21.5 Å². The molecule has 3 rings (SSSR count). The second kappa shape index (κ2) is 7.59. The van der Waals surface area contributed by atoms with Crippen molar-refractivity contribution in [1.29, 1.82) is 0 Å². The van der Waals surface area contributed by atoms with Gasteiger partial charge in [0.15, 0.2) is 0 Å². The van der Waals surface area contributed by atoms with E-state index in [9.17, 15) is 29.4 Å². The maximum atomic E-state index is 13.9. The van der Waals surface area contributed by atoms with Crippen LogP contribution in [-0.2, 0) is 0 Å². The van der Waals surface area contributed by atoms with E-state index in [2.05, 4.69) is 0 Å². The maximum Gasteiger partial charge on any atom is 0.299 e. The quantitative estimate of drug-likeness (QED) is 0.588. The molecule has 2 aromatic carbocycles. The third kappa shape index (κ3) is 3.61. The largest absolute Gasteiger partial charge is 0.362 e. The van der Waals surface area contributed by atoms with Crippen LogP contribution in [0.2, 0.25) is 0 Å². The van der Waals surface area contributed by atoms with E-state index < -0.39 is 21.6 Å². The van der Waals surface area contributed by atoms with Crippen LogP contribution in [0.4, 0.5) is 21.5 Å². The maximum absolute atomic E-state index is 13.9. The Hall–Kier alpha value is -3.56. The van der Waals surface area contributed by atoms with Crippen LogP contribution in [0.1, 0.15) is 17.3 Å². The minimum atomic E-state index is -0.690. The molecule has 0 bridgehead atoms. The summed E-state index contributed by atoms with van der Waals surface area (Å²) < 4.78 is 13.9. The third-order valence-corrected chi connectivity index (χ3v) is 4.70. The SMILES string of the molecule is C[C@H]1CN(c2ccc([N+](=O)[O-])cc2[N+](=O)[O-])CCN1C(=O)c1ccccc1F. The van der Waals surface area contributed by atoms with Crippen molar-refractivity contribution in [2.75, 3.05) is 24.5 Å². The second-order valence-electron chi connectivity index (χ2n) is 6.46. The van der Waals surface area contributed by atoms with E-state index in [1.807, 2.05) is 0 Å². The molecule has 0 spiro atoms. The van der Waals surface area contributed by atoms with Crippen molar-refractivity contribution in [3.63, 3.8) is 0 Å². The zero-order valence-electron chi connectivity index (χ0n) is 14.9. The van der Waals surface area contributed by atoms with Crippen molar-refractivity contribution < 1.29 is 19.0 Å². The van der Waals surface area contributed by atoms with Gasteiger partial charge in [-0.25, -0.2) is 4.39 Å². The van der Waals surface area contributed by atoms with Crippen LogP contribution in [0.3, 0.4) is 0 Å². The zero-order valence-corrected chi connectivity index (χ0v) is 14.9. The van der Waals surface area contributed by atoms with Gasteiger partial charge in [-0.2, -0.15) is 0 Å². The van der Waals surface area contributed by atoms with E-state index in [-0.39, 0.29) is 48.3 Å². The Morgan fingerprint density at radius 3 is 2.43 bits per heavy atom. The molecule has 9 nitrogen and oxygen atoms in total. The number of carbonyl (C=O) groups excluding carboxylic acids is 1. The number of non-ortho nitro benzene ring substituents is 1. The van der Waals surface area contributed by atoms with Crippen molar-refractivity contribution in [1.82, 2.24) is 4.90 Å². The minimum absolute atomic E-state index is 0.0240. The molecule has 1 aliphatic heterocycles. The van der Waals surface area contributed by atoms with Crippen LogP contribution in [0.15, 0.2) is 42.5 Å². The van der Waals surface area contributed by atoms with E-state index in [0.29, 0.717) is 0 Å². The number of anilines is 1. The summed E-state index contributed by atoms with van der Waals surface area (Å²) in [7, 11) is 0. The Morgan fingerprint density at radius 2 is 1.82 bits per heavy atom. The summed E-state index contributed by atoms with van der Waals surface area (Å²) in [4.78, 5) is 36.8. The van der Waals surface area contributed by atoms with Gasteiger partial charge < -0.3 is 9.80 Å². The van der Waals surface area contributed by atoms with Gasteiger partial charge in [0, 0.05) is 31.7 Å². The Labute approximate surface area is 159 Å². The number of hydrogen-bond acceptors (Lipinski definition) is 6. The van der Waals surface area contributed by atoms with Gasteiger partial charge in [-0.1, -0.05) is 12.1 Å². The normalized spacial score (nSPS) is 16.7. The molecule has 1 saturated heterocycles. The summed E-state index contributed by atoms with van der Waals surface area (Å²) in [5.41, 5.74) is -0.503. The summed E-state index contributed by atoms with van der Waals surface area (Å²) >= 11 is 0. The number of nitrogens with zero attached hydrogens (tertiary/aromatic N) is 4. The van der Waals surface area contributed by atoms with Crippen LogP contribution < -0.4 is 4.90 Å². The average Bonchev–Trinajstić information content (AvgIpc) is 2.67. The molecule has 28 heavy (non-hydrogen) atoms. The van der Waals surface area contributed by atoms with Gasteiger partial charge >= 0.3 is 0 Å². The highest BCUT2D eigenvalue weighted by molar-refractivity contribution is 5.95. The molecule has 1 aliphatic rings. The summed E-state index contributed by atoms with van der Waals surface area (Å²) in [6.07, 6.45) is 0. The fraction of sp³-hybridized carbons (Fsp3) is 0.278. The van der Waals surface area contributed by atoms with Crippen molar-refractivity contribution in [3.8, 4) is 0 Å². The Morgan fingerprint density at radius 1 is 1.11 bits per heavy atom. The molecule has 0 N–H and O–H groups in total. The predicted octanol–water partition coefficient (Wildman–Crippen LogP) is 2.99. The molecule has 1 amide bonds. The highest BCUT2D eigenvalue weighted by atomic mass is 19.1. The molecule has 146 valence electrons. The number of nitro groups is 2. The number of rotatable bonds is 4. The first kappa shape index (κ1) is 19.2. The first-order chi connectivity index (χ1) is 13.3. The van der Waals surface area contributed by atoms with Crippen molar-refractivity contribution in [3.05, 3.63) is 74.1 Å². The number of benzene rings is 2. The van der Waals surface area contributed by atoms with E-state index in [4.69, 9.17) is 0 Å². The molecule has 2 aromatic rings. The molecule has 10 heteroatoms. The Balaban J connectivity index is 1.82. The number of hydrogen-bond donors (Lipinski definition) is 0. The van der Waals surface area contributed by atoms with E-state index in [0.717, 1.165) is 6.07 Å². The molecule has 0 unspecified atom stereocenters. The topological polar surface area (TPSA) is 110 Å². The lowest BCUT2D eigenvalue weighted by atomic mass is 10.1. The van der Waals surface area contributed by atoms with Crippen LogP contribution in [0.25, 0.3) is 0 Å². The first-order valence-electron chi connectivity index (χ1n) is 8.53. The van der Waals surface area contributed by atoms with Crippen LogP contribution in [-0.4, -0.2) is 46.3 Å². The summed E-state index contributed by atoms with van der Waals surface area (Å²) in [5, 5.41) is 22.3. The molecular weight excluding hydrogens is 371 g/mol. The number of piperazine rings is 1. The number of amides is 1. The van der Waals surface area contributed by atoms with Crippen LogP contribution in [0, 0.1) is 26.0 Å². The average molecular weight is 388 g/mol. The molecule has 0 aliphatic carbocycles. The highest BCUT2D eigenvalue weighted by Crippen LogP contribution is 2.33. The number of halogens is 1. The van der Waals surface area contributed by atoms with E-state index >= 15 is 0 Å². The molecule has 0 saturated carbocycles. The highest BCUT2D eigenvalue weighted by Gasteiger charge is 2.32. The van der Waals surface area contributed by atoms with Gasteiger partial charge in [-0.15, -0.1) is 0 Å². The minimum Gasteiger partial charge on any atom is -0.362 e. The zero-order chi connectivity index (χ0) is 20.4. The van der Waals surface area contributed by atoms with Crippen molar-refractivity contribution in [2.24, 2.45) is 0 Å². The number of nitro benzene ring substituents is 2. The van der Waals surface area contributed by atoms with Gasteiger partial charge in [0.25, 0.3) is 17.3 Å². The van der Waals surface area contributed by atoms with Gasteiger partial charge in [-0.3, -0.25) is 25.0 Å². The van der Waals surface area contributed by atoms with Gasteiger partial charge in [0.1, 0.15) is 11.5 Å². The Bertz CT molecular complexity index is 951. The summed E-state index contributed by atoms with van der Waals surface area (Å²) in [5.74, 6) is -1.04. The third-order valence-electron chi connectivity index (χ3n) is 4.70. The second-order valence-corrected chi connectivity index (χ2v) is 6.46. The van der Waals surface area contributed by atoms with Crippen LogP contribution in [0.5, 0.6) is 0 Å². The standard InChI is InChI=1S/C18H17FN4O5/c1-12-11-20(16-7-6-13(22(25)26)10-17(16)23(27)28)8-9-21(12)18(24)14-4-2-3-5-15(14)19/h2-7,10,12H,8-9,11H2,1H3/t12-/m0/s1. The van der Waals surface area contributed by atoms with E-state index in [1.165, 1.54) is 35.2 Å². The van der Waals surface area contributed by atoms with Crippen molar-refractivity contribution >= 4 is 23.0 Å². The molecular formula is C18H17FN4O5. The molecule has 1 heterocycles. The van der Waals surface area contributed by atoms with Gasteiger partial charge in [0.2, 0.25) is 0 Å². The lowest BCUT2D eigenvalue weighted by molar-refractivity contribution is -0.393. The lowest BCUT2D eigenvalue weighted by Gasteiger charge is -2.40. The molecule has 1 atom stereocenters. The first-order valence-corrected chi connectivity index (χ1v) is 8.53. The lowest BCUT2D eigenvalue weighted by Crippen LogP contribution is -2.54. The predicted molar refractivity (Wildman–Crippen MR) is 98.9 cm³/mol. The summed E-state index contributed by atoms with van der Waals surface area (Å²) in [6, 6.07) is 8.86. The fourth-order valence-electron chi connectivity index (χ4n) is 3.31. The molecule has 0 aromatic heterocycles. The fourth-order valence-corrected chi connectivity index (χ4v) is 3.31. The van der Waals surface area contributed by atoms with Crippen LogP contribution >= 0.6 is 0 Å².